The zero-order chi connectivity index (χ0) is 15.4. The number of carbonyl (C=O) groups is 1. The average Bonchev–Trinajstić information content (AvgIpc) is 2.97. The molecule has 1 fully saturated rings. The number of nitrogens with zero attached hydrogens (tertiary/aromatic N) is 2. The maximum atomic E-state index is 12.1. The Kier molecular flexibility index (Phi) is 4.67. The summed E-state index contributed by atoms with van der Waals surface area (Å²) in [5.41, 5.74) is 0.948. The van der Waals surface area contributed by atoms with Gasteiger partial charge in [-0.15, -0.1) is 11.3 Å². The van der Waals surface area contributed by atoms with Crippen molar-refractivity contribution in [3.63, 3.8) is 0 Å². The summed E-state index contributed by atoms with van der Waals surface area (Å²) >= 11 is 1.48. The van der Waals surface area contributed by atoms with Gasteiger partial charge in [0.25, 0.3) is 5.91 Å². The second-order valence-electron chi connectivity index (χ2n) is 5.02. The molecule has 2 N–H and O–H groups in total. The van der Waals surface area contributed by atoms with E-state index < -0.39 is 0 Å². The number of hydrogen-bond donors (Lipinski definition) is 2. The number of aromatic nitrogens is 1. The number of nitrogens with one attached hydrogen (secondary N) is 1. The van der Waals surface area contributed by atoms with Crippen LogP contribution in [0.3, 0.4) is 0 Å². The Morgan fingerprint density at radius 3 is 3.00 bits per heavy atom. The maximum Gasteiger partial charge on any atom is 0.275 e. The van der Waals surface area contributed by atoms with E-state index in [2.05, 4.69) is 15.2 Å². The van der Waals surface area contributed by atoms with E-state index in [0.717, 1.165) is 37.9 Å². The van der Waals surface area contributed by atoms with Gasteiger partial charge in [-0.1, -0.05) is 6.07 Å². The fourth-order valence-corrected chi connectivity index (χ4v) is 3.03. The highest BCUT2D eigenvalue weighted by Gasteiger charge is 2.15. The van der Waals surface area contributed by atoms with E-state index in [4.69, 9.17) is 4.74 Å². The number of morpholine rings is 1. The topological polar surface area (TPSA) is 74.7 Å². The molecule has 2 heterocycles. The normalized spacial score (nSPS) is 15.6. The molecule has 0 spiro atoms. The molecule has 3 rings (SSSR count). The molecule has 2 aromatic rings. The van der Waals surface area contributed by atoms with Crippen LogP contribution in [0.25, 0.3) is 0 Å². The highest BCUT2D eigenvalue weighted by molar-refractivity contribution is 7.09. The maximum absolute atomic E-state index is 12.1. The number of thiazole rings is 1. The van der Waals surface area contributed by atoms with Crippen LogP contribution in [-0.2, 0) is 11.3 Å². The van der Waals surface area contributed by atoms with Gasteiger partial charge in [-0.25, -0.2) is 4.98 Å². The number of aromatic hydroxyl groups is 1. The number of anilines is 1. The highest BCUT2D eigenvalue weighted by Crippen LogP contribution is 2.18. The van der Waals surface area contributed by atoms with Gasteiger partial charge in [0.2, 0.25) is 0 Å². The minimum absolute atomic E-state index is 0.115. The van der Waals surface area contributed by atoms with Crippen molar-refractivity contribution in [3.8, 4) is 5.75 Å². The lowest BCUT2D eigenvalue weighted by atomic mass is 10.3. The van der Waals surface area contributed by atoms with E-state index in [1.165, 1.54) is 17.4 Å². The SMILES string of the molecule is O=C(Nc1cccc(O)c1)c1csc(CN2CCOCC2)n1. The molecule has 1 aromatic carbocycles. The van der Waals surface area contributed by atoms with Crippen molar-refractivity contribution in [3.05, 3.63) is 40.3 Å². The first-order valence-electron chi connectivity index (χ1n) is 7.05. The highest BCUT2D eigenvalue weighted by atomic mass is 32.1. The van der Waals surface area contributed by atoms with Gasteiger partial charge >= 0.3 is 0 Å². The molecular weight excluding hydrogens is 302 g/mol. The van der Waals surface area contributed by atoms with E-state index in [1.54, 1.807) is 23.6 Å². The molecule has 0 unspecified atom stereocenters. The Balaban J connectivity index is 1.61. The third-order valence-electron chi connectivity index (χ3n) is 3.35. The predicted octanol–water partition coefficient (Wildman–Crippen LogP) is 1.93. The average molecular weight is 319 g/mol. The Bertz CT molecular complexity index is 653. The third-order valence-corrected chi connectivity index (χ3v) is 4.18. The van der Waals surface area contributed by atoms with Crippen molar-refractivity contribution in [2.75, 3.05) is 31.6 Å². The molecule has 6 nitrogen and oxygen atoms in total. The zero-order valence-electron chi connectivity index (χ0n) is 12.0. The van der Waals surface area contributed by atoms with Crippen LogP contribution >= 0.6 is 11.3 Å². The molecule has 0 saturated carbocycles. The number of phenolic OH excluding ortho intramolecular Hbond substituents is 1. The van der Waals surface area contributed by atoms with Crippen molar-refractivity contribution in [2.24, 2.45) is 0 Å². The summed E-state index contributed by atoms with van der Waals surface area (Å²) in [5, 5.41) is 14.8. The largest absolute Gasteiger partial charge is 0.508 e. The van der Waals surface area contributed by atoms with E-state index in [-0.39, 0.29) is 11.7 Å². The van der Waals surface area contributed by atoms with Crippen LogP contribution in [0.15, 0.2) is 29.6 Å². The molecule has 1 amide bonds. The number of ether oxygens (including phenoxy) is 1. The Labute approximate surface area is 132 Å². The van der Waals surface area contributed by atoms with Crippen molar-refractivity contribution < 1.29 is 14.6 Å². The fourth-order valence-electron chi connectivity index (χ4n) is 2.22. The van der Waals surface area contributed by atoms with Crippen LogP contribution in [0.4, 0.5) is 5.69 Å². The van der Waals surface area contributed by atoms with Gasteiger partial charge in [-0.2, -0.15) is 0 Å². The van der Waals surface area contributed by atoms with Gasteiger partial charge < -0.3 is 15.2 Å². The first-order chi connectivity index (χ1) is 10.7. The molecule has 22 heavy (non-hydrogen) atoms. The zero-order valence-corrected chi connectivity index (χ0v) is 12.8. The Hall–Kier alpha value is -1.96. The van der Waals surface area contributed by atoms with E-state index in [9.17, 15) is 9.90 Å². The summed E-state index contributed by atoms with van der Waals surface area (Å²) < 4.78 is 5.31. The molecule has 7 heteroatoms. The number of hydrogen-bond acceptors (Lipinski definition) is 6. The number of phenols is 1. The summed E-state index contributed by atoms with van der Waals surface area (Å²) in [6, 6.07) is 6.45. The van der Waals surface area contributed by atoms with Gasteiger partial charge in [0.05, 0.1) is 19.8 Å². The Morgan fingerprint density at radius 2 is 2.23 bits per heavy atom. The van der Waals surface area contributed by atoms with Crippen LogP contribution in [0, 0.1) is 0 Å². The van der Waals surface area contributed by atoms with Crippen molar-refractivity contribution in [1.82, 2.24) is 9.88 Å². The minimum Gasteiger partial charge on any atom is -0.508 e. The van der Waals surface area contributed by atoms with Crippen molar-refractivity contribution >= 4 is 22.9 Å². The van der Waals surface area contributed by atoms with Crippen LogP contribution in [0.1, 0.15) is 15.5 Å². The second kappa shape index (κ2) is 6.87. The lowest BCUT2D eigenvalue weighted by Gasteiger charge is -2.25. The molecule has 1 aliphatic heterocycles. The second-order valence-corrected chi connectivity index (χ2v) is 5.96. The first-order valence-corrected chi connectivity index (χ1v) is 7.93. The smallest absolute Gasteiger partial charge is 0.275 e. The molecule has 116 valence electrons. The monoisotopic (exact) mass is 319 g/mol. The molecule has 1 saturated heterocycles. The van der Waals surface area contributed by atoms with Crippen LogP contribution in [0.2, 0.25) is 0 Å². The van der Waals surface area contributed by atoms with Crippen molar-refractivity contribution in [1.29, 1.82) is 0 Å². The summed E-state index contributed by atoms with van der Waals surface area (Å²) in [6.45, 7) is 4.02. The fraction of sp³-hybridized carbons (Fsp3) is 0.333. The van der Waals surface area contributed by atoms with E-state index >= 15 is 0 Å². The number of rotatable bonds is 4. The number of carbonyl (C=O) groups excluding carboxylic acids is 1. The standard InChI is InChI=1S/C15H17N3O3S/c19-12-3-1-2-11(8-12)16-15(20)13-10-22-14(17-13)9-18-4-6-21-7-5-18/h1-3,8,10,19H,4-7,9H2,(H,16,20). The molecule has 0 aliphatic carbocycles. The number of benzene rings is 1. The van der Waals surface area contributed by atoms with E-state index in [1.807, 2.05) is 0 Å². The van der Waals surface area contributed by atoms with Gasteiger partial charge in [-0.3, -0.25) is 9.69 Å². The minimum atomic E-state index is -0.268. The molecule has 0 bridgehead atoms. The first kappa shape index (κ1) is 15.0. The summed E-state index contributed by atoms with van der Waals surface area (Å²) in [5.74, 6) is -0.154. The van der Waals surface area contributed by atoms with Crippen LogP contribution in [0.5, 0.6) is 5.75 Å². The van der Waals surface area contributed by atoms with Crippen LogP contribution in [-0.4, -0.2) is 47.2 Å². The molecule has 1 aliphatic rings. The van der Waals surface area contributed by atoms with Gasteiger partial charge in [0.15, 0.2) is 0 Å². The lowest BCUT2D eigenvalue weighted by Crippen LogP contribution is -2.35. The predicted molar refractivity (Wildman–Crippen MR) is 84.3 cm³/mol. The van der Waals surface area contributed by atoms with Gasteiger partial charge in [-0.05, 0) is 12.1 Å². The van der Waals surface area contributed by atoms with Gasteiger partial charge in [0.1, 0.15) is 16.5 Å². The van der Waals surface area contributed by atoms with Crippen LogP contribution < -0.4 is 5.32 Å². The summed E-state index contributed by atoms with van der Waals surface area (Å²) in [6.07, 6.45) is 0. The molecule has 1 aromatic heterocycles. The van der Waals surface area contributed by atoms with E-state index in [0.29, 0.717) is 11.4 Å². The lowest BCUT2D eigenvalue weighted by molar-refractivity contribution is 0.0341. The third kappa shape index (κ3) is 3.82. The van der Waals surface area contributed by atoms with Gasteiger partial charge in [0, 0.05) is 30.2 Å². The quantitative estimate of drug-likeness (QED) is 0.901. The molecule has 0 radical (unpaired) electrons. The number of amides is 1. The van der Waals surface area contributed by atoms with Crippen molar-refractivity contribution in [2.45, 2.75) is 6.54 Å². The molecule has 0 atom stereocenters. The molecular formula is C15H17N3O3S. The summed E-state index contributed by atoms with van der Waals surface area (Å²) in [7, 11) is 0. The Morgan fingerprint density at radius 1 is 1.41 bits per heavy atom. The summed E-state index contributed by atoms with van der Waals surface area (Å²) in [4.78, 5) is 18.8.